The third kappa shape index (κ3) is 4.39. The fourth-order valence-corrected chi connectivity index (χ4v) is 4.29. The Morgan fingerprint density at radius 3 is 2.60 bits per heavy atom. The maximum absolute atomic E-state index is 14.0. The van der Waals surface area contributed by atoms with Crippen molar-refractivity contribution >= 4 is 23.2 Å². The summed E-state index contributed by atoms with van der Waals surface area (Å²) < 4.78 is 28.0. The van der Waals surface area contributed by atoms with E-state index in [9.17, 15) is 13.6 Å². The lowest BCUT2D eigenvalue weighted by atomic mass is 9.94. The molecule has 178 valence electrons. The normalized spacial score (nSPS) is 14.5. The Morgan fingerprint density at radius 1 is 1.14 bits per heavy atom. The third-order valence-electron chi connectivity index (χ3n) is 6.33. The van der Waals surface area contributed by atoms with Gasteiger partial charge in [0.25, 0.3) is 5.92 Å². The quantitative estimate of drug-likeness (QED) is 0.341. The van der Waals surface area contributed by atoms with E-state index in [0.29, 0.717) is 33.2 Å². The van der Waals surface area contributed by atoms with E-state index in [1.165, 1.54) is 19.2 Å². The average molecular weight is 495 g/mol. The zero-order chi connectivity index (χ0) is 24.6. The summed E-state index contributed by atoms with van der Waals surface area (Å²) in [5.74, 6) is -2.75. The number of rotatable bonds is 7. The Bertz CT molecular complexity index is 1370. The van der Waals surface area contributed by atoms with Crippen LogP contribution in [0.25, 0.3) is 22.5 Å². The second-order valence-corrected chi connectivity index (χ2v) is 8.98. The number of hydrogen-bond donors (Lipinski definition) is 2. The number of H-pyrrole nitrogens is 1. The van der Waals surface area contributed by atoms with Crippen molar-refractivity contribution in [2.45, 2.75) is 37.5 Å². The molecule has 0 aliphatic heterocycles. The van der Waals surface area contributed by atoms with Crippen LogP contribution in [0.15, 0.2) is 60.8 Å². The summed E-state index contributed by atoms with van der Waals surface area (Å²) in [5, 5.41) is 17.6. The van der Waals surface area contributed by atoms with E-state index in [1.54, 1.807) is 30.3 Å². The van der Waals surface area contributed by atoms with Crippen molar-refractivity contribution in [3.63, 3.8) is 0 Å². The number of carbonyl (C=O) groups excluding carboxylic acids is 1. The molecule has 1 fully saturated rings. The molecule has 1 saturated carbocycles. The topological polar surface area (TPSA) is 96.5 Å². The Morgan fingerprint density at radius 2 is 1.97 bits per heavy atom. The molecule has 0 unspecified atom stereocenters. The highest BCUT2D eigenvalue weighted by atomic mass is 35.5. The summed E-state index contributed by atoms with van der Waals surface area (Å²) in [6, 6.07) is 15.5. The second-order valence-electron chi connectivity index (χ2n) is 8.55. The predicted octanol–water partition coefficient (Wildman–Crippen LogP) is 5.75. The molecule has 2 aromatic heterocycles. The van der Waals surface area contributed by atoms with Gasteiger partial charge in [-0.1, -0.05) is 42.8 Å². The maximum Gasteiger partial charge on any atom is 0.289 e. The van der Waals surface area contributed by atoms with Crippen LogP contribution in [0.3, 0.4) is 0 Å². The van der Waals surface area contributed by atoms with Crippen molar-refractivity contribution in [2.75, 3.05) is 5.32 Å². The van der Waals surface area contributed by atoms with Crippen molar-refractivity contribution in [3.8, 4) is 22.5 Å². The molecule has 4 aromatic rings. The number of benzene rings is 2. The van der Waals surface area contributed by atoms with Gasteiger partial charge in [0, 0.05) is 34.5 Å². The maximum atomic E-state index is 14.0. The largest absolute Gasteiger partial charge is 0.325 e. The molecule has 2 heterocycles. The minimum Gasteiger partial charge on any atom is -0.325 e. The van der Waals surface area contributed by atoms with E-state index in [0.717, 1.165) is 18.4 Å². The van der Waals surface area contributed by atoms with E-state index in [-0.39, 0.29) is 18.0 Å². The molecule has 0 radical (unpaired) electrons. The van der Waals surface area contributed by atoms with E-state index in [1.807, 2.05) is 18.2 Å². The molecule has 1 aliphatic rings. The Labute approximate surface area is 204 Å². The molecule has 2 aromatic carbocycles. The number of tetrazole rings is 1. The number of aromatic amines is 1. The standard InChI is InChI=1S/C25H21ClF2N6O/c1-2-25(27,28)21-9-6-15(14-29-21)19-8-7-18(13-20(19)22-31-33-34-32-22)30-23(35)24(10-11-24)16-4-3-5-17(26)12-16/h3-9,12-14H,2,10-11H2,1H3,(H,30,35)(H,31,32,33,34). The van der Waals surface area contributed by atoms with Crippen molar-refractivity contribution in [1.82, 2.24) is 25.6 Å². The van der Waals surface area contributed by atoms with Crippen LogP contribution in [0.5, 0.6) is 0 Å². The highest BCUT2D eigenvalue weighted by Crippen LogP contribution is 2.49. The van der Waals surface area contributed by atoms with Gasteiger partial charge in [-0.2, -0.15) is 8.78 Å². The molecule has 7 nitrogen and oxygen atoms in total. The molecule has 0 atom stereocenters. The van der Waals surface area contributed by atoms with Gasteiger partial charge in [-0.3, -0.25) is 9.78 Å². The monoisotopic (exact) mass is 494 g/mol. The lowest BCUT2D eigenvalue weighted by molar-refractivity contribution is -0.118. The summed E-state index contributed by atoms with van der Waals surface area (Å²) in [6.45, 7) is 1.41. The second kappa shape index (κ2) is 8.81. The molecular weight excluding hydrogens is 474 g/mol. The minimum atomic E-state index is -2.99. The zero-order valence-electron chi connectivity index (χ0n) is 18.7. The fraction of sp³-hybridized carbons (Fsp3) is 0.240. The van der Waals surface area contributed by atoms with Gasteiger partial charge in [-0.05, 0) is 64.7 Å². The number of pyridine rings is 1. The molecule has 1 aliphatic carbocycles. The number of aromatic nitrogens is 5. The first kappa shape index (κ1) is 23.0. The van der Waals surface area contributed by atoms with E-state index in [4.69, 9.17) is 11.6 Å². The average Bonchev–Trinajstić information content (AvgIpc) is 3.51. The zero-order valence-corrected chi connectivity index (χ0v) is 19.5. The molecule has 5 rings (SSSR count). The number of halogens is 3. The van der Waals surface area contributed by atoms with Gasteiger partial charge in [0.2, 0.25) is 5.91 Å². The molecule has 0 spiro atoms. The van der Waals surface area contributed by atoms with Crippen LogP contribution in [0.2, 0.25) is 5.02 Å². The van der Waals surface area contributed by atoms with Crippen molar-refractivity contribution in [1.29, 1.82) is 0 Å². The first-order valence-corrected chi connectivity index (χ1v) is 11.5. The number of anilines is 1. The van der Waals surface area contributed by atoms with E-state index in [2.05, 4.69) is 30.9 Å². The van der Waals surface area contributed by atoms with Crippen LogP contribution in [-0.4, -0.2) is 31.5 Å². The van der Waals surface area contributed by atoms with Gasteiger partial charge in [0.1, 0.15) is 5.69 Å². The van der Waals surface area contributed by atoms with Crippen molar-refractivity contribution in [3.05, 3.63) is 77.1 Å². The molecule has 0 saturated heterocycles. The van der Waals surface area contributed by atoms with E-state index < -0.39 is 11.3 Å². The first-order valence-electron chi connectivity index (χ1n) is 11.1. The molecule has 10 heteroatoms. The van der Waals surface area contributed by atoms with Gasteiger partial charge in [-0.25, -0.2) is 5.10 Å². The number of alkyl halides is 2. The number of carbonyl (C=O) groups is 1. The van der Waals surface area contributed by atoms with E-state index >= 15 is 0 Å². The highest BCUT2D eigenvalue weighted by molar-refractivity contribution is 6.30. The SMILES string of the molecule is CCC(F)(F)c1ccc(-c2ccc(NC(=O)C3(c4cccc(Cl)c4)CC3)cc2-c2nnn[nH]2)cn1. The highest BCUT2D eigenvalue weighted by Gasteiger charge is 2.51. The smallest absolute Gasteiger partial charge is 0.289 e. The molecule has 1 amide bonds. The van der Waals surface area contributed by atoms with Gasteiger partial charge in [0.05, 0.1) is 5.41 Å². The van der Waals surface area contributed by atoms with Crippen molar-refractivity contribution in [2.24, 2.45) is 0 Å². The van der Waals surface area contributed by atoms with Gasteiger partial charge >= 0.3 is 0 Å². The molecule has 2 N–H and O–H groups in total. The van der Waals surface area contributed by atoms with Crippen molar-refractivity contribution < 1.29 is 13.6 Å². The van der Waals surface area contributed by atoms with Crippen LogP contribution in [-0.2, 0) is 16.1 Å². The van der Waals surface area contributed by atoms with Crippen LogP contribution < -0.4 is 5.32 Å². The summed E-state index contributed by atoms with van der Waals surface area (Å²) in [6.07, 6.45) is 2.53. The molecule has 35 heavy (non-hydrogen) atoms. The minimum absolute atomic E-state index is 0.123. The van der Waals surface area contributed by atoms with Gasteiger partial charge < -0.3 is 5.32 Å². The van der Waals surface area contributed by atoms with Gasteiger partial charge in [0.15, 0.2) is 5.82 Å². The number of nitrogens with zero attached hydrogens (tertiary/aromatic N) is 4. The Hall–Kier alpha value is -3.72. The number of amides is 1. The lowest BCUT2D eigenvalue weighted by Crippen LogP contribution is -2.27. The summed E-state index contributed by atoms with van der Waals surface area (Å²) in [7, 11) is 0. The van der Waals surface area contributed by atoms with Crippen LogP contribution in [0, 0.1) is 0 Å². The molecule has 0 bridgehead atoms. The third-order valence-corrected chi connectivity index (χ3v) is 6.57. The first-order chi connectivity index (χ1) is 16.8. The summed E-state index contributed by atoms with van der Waals surface area (Å²) >= 11 is 6.14. The van der Waals surface area contributed by atoms with Gasteiger partial charge in [-0.15, -0.1) is 5.10 Å². The Balaban J connectivity index is 1.47. The number of hydrogen-bond acceptors (Lipinski definition) is 5. The summed E-state index contributed by atoms with van der Waals surface area (Å²) in [5.41, 5.74) is 2.43. The number of nitrogens with one attached hydrogen (secondary N) is 2. The van der Waals surface area contributed by atoms with Crippen LogP contribution in [0.1, 0.15) is 37.4 Å². The molecular formula is C25H21ClF2N6O. The fourth-order valence-electron chi connectivity index (χ4n) is 4.10. The summed E-state index contributed by atoms with van der Waals surface area (Å²) in [4.78, 5) is 17.2. The van der Waals surface area contributed by atoms with Crippen LogP contribution in [0.4, 0.5) is 14.5 Å². The lowest BCUT2D eigenvalue weighted by Gasteiger charge is -2.17. The predicted molar refractivity (Wildman–Crippen MR) is 128 cm³/mol. The van der Waals surface area contributed by atoms with Crippen LogP contribution >= 0.6 is 11.6 Å². The Kier molecular flexibility index (Phi) is 5.80.